The Balaban J connectivity index is 1.36. The maximum atomic E-state index is 10.2. The van der Waals surface area contributed by atoms with Crippen molar-refractivity contribution in [2.75, 3.05) is 0 Å². The average Bonchev–Trinajstić information content (AvgIpc) is 3.29. The zero-order valence-corrected chi connectivity index (χ0v) is 17.5. The van der Waals surface area contributed by atoms with Crippen LogP contribution in [0.3, 0.4) is 0 Å². The Morgan fingerprint density at radius 2 is 1.83 bits per heavy atom. The van der Waals surface area contributed by atoms with Crippen LogP contribution in [0.15, 0.2) is 42.0 Å². The predicted molar refractivity (Wildman–Crippen MR) is 115 cm³/mol. The minimum atomic E-state index is -0.125. The molecule has 152 valence electrons. The molecule has 1 aromatic carbocycles. The maximum absolute atomic E-state index is 10.2. The molecule has 0 spiro atoms. The molecule has 6 unspecified atom stereocenters. The highest BCUT2D eigenvalue weighted by atomic mass is 16.3. The van der Waals surface area contributed by atoms with Gasteiger partial charge in [-0.15, -0.1) is 5.10 Å². The van der Waals surface area contributed by atoms with E-state index in [0.717, 1.165) is 48.6 Å². The number of aromatic nitrogens is 3. The maximum Gasteiger partial charge on any atom is 0.113 e. The Hall–Kier alpha value is -1.94. The van der Waals surface area contributed by atoms with Crippen molar-refractivity contribution in [3.63, 3.8) is 0 Å². The summed E-state index contributed by atoms with van der Waals surface area (Å²) in [5.41, 5.74) is 5.50. The van der Waals surface area contributed by atoms with Crippen molar-refractivity contribution in [1.29, 1.82) is 0 Å². The molecule has 2 fully saturated rings. The lowest BCUT2D eigenvalue weighted by Gasteiger charge is -2.57. The number of rotatable bonds is 1. The standard InChI is InChI=1S/C25H31N3O/c1-24-13-11-17(29)15-16(24)7-8-18-19-9-10-23(25(19,2)14-12-20(18)24)28-22-6-4-3-5-21(22)26-27-28/h3-7,10,17-20,29H,8-9,11-15H2,1-2H3. The first kappa shape index (κ1) is 17.9. The van der Waals surface area contributed by atoms with E-state index in [-0.39, 0.29) is 11.5 Å². The molecule has 6 atom stereocenters. The molecule has 4 aliphatic rings. The zero-order chi connectivity index (χ0) is 19.8. The molecule has 2 saturated carbocycles. The highest BCUT2D eigenvalue weighted by molar-refractivity contribution is 5.79. The Bertz CT molecular complexity index is 1040. The van der Waals surface area contributed by atoms with Gasteiger partial charge in [0, 0.05) is 11.1 Å². The monoisotopic (exact) mass is 389 g/mol. The molecule has 0 radical (unpaired) electrons. The van der Waals surface area contributed by atoms with E-state index in [4.69, 9.17) is 0 Å². The van der Waals surface area contributed by atoms with Gasteiger partial charge >= 0.3 is 0 Å². The fourth-order valence-electron chi connectivity index (χ4n) is 7.56. The molecule has 4 nitrogen and oxygen atoms in total. The minimum Gasteiger partial charge on any atom is -0.393 e. The number of hydrogen-bond acceptors (Lipinski definition) is 3. The van der Waals surface area contributed by atoms with E-state index < -0.39 is 0 Å². The third kappa shape index (κ3) is 2.35. The smallest absolute Gasteiger partial charge is 0.113 e. The lowest BCUT2D eigenvalue weighted by Crippen LogP contribution is -2.50. The summed E-state index contributed by atoms with van der Waals surface area (Å²) in [6, 6.07) is 8.31. The first-order valence-corrected chi connectivity index (χ1v) is 11.4. The first-order valence-electron chi connectivity index (χ1n) is 11.4. The van der Waals surface area contributed by atoms with Crippen LogP contribution in [0.2, 0.25) is 0 Å². The number of para-hydroxylation sites is 1. The summed E-state index contributed by atoms with van der Waals surface area (Å²) >= 11 is 0. The highest BCUT2D eigenvalue weighted by Crippen LogP contribution is 2.65. The Labute approximate surface area is 172 Å². The van der Waals surface area contributed by atoms with E-state index in [1.54, 1.807) is 5.57 Å². The Morgan fingerprint density at radius 1 is 1.00 bits per heavy atom. The summed E-state index contributed by atoms with van der Waals surface area (Å²) < 4.78 is 2.12. The number of benzene rings is 1. The largest absolute Gasteiger partial charge is 0.393 e. The van der Waals surface area contributed by atoms with Gasteiger partial charge in [0.2, 0.25) is 0 Å². The van der Waals surface area contributed by atoms with Crippen molar-refractivity contribution in [2.45, 2.75) is 64.9 Å². The topological polar surface area (TPSA) is 50.9 Å². The number of nitrogens with zero attached hydrogens (tertiary/aromatic N) is 3. The number of fused-ring (bicyclic) bond motifs is 6. The van der Waals surface area contributed by atoms with Crippen LogP contribution in [-0.4, -0.2) is 26.2 Å². The second kappa shape index (κ2) is 6.04. The van der Waals surface area contributed by atoms with E-state index in [9.17, 15) is 5.11 Å². The summed E-state index contributed by atoms with van der Waals surface area (Å²) in [4.78, 5) is 0. The van der Waals surface area contributed by atoms with E-state index in [0.29, 0.717) is 11.3 Å². The second-order valence-electron chi connectivity index (χ2n) is 10.4. The van der Waals surface area contributed by atoms with Crippen LogP contribution in [0.1, 0.15) is 58.8 Å². The summed E-state index contributed by atoms with van der Waals surface area (Å²) in [5.74, 6) is 2.18. The third-order valence-corrected chi connectivity index (χ3v) is 9.20. The van der Waals surface area contributed by atoms with Crippen LogP contribution in [-0.2, 0) is 0 Å². The van der Waals surface area contributed by atoms with Gasteiger partial charge in [0.1, 0.15) is 5.52 Å². The van der Waals surface area contributed by atoms with Gasteiger partial charge in [-0.3, -0.25) is 0 Å². The lowest BCUT2D eigenvalue weighted by molar-refractivity contribution is -0.0251. The molecule has 4 aliphatic carbocycles. The van der Waals surface area contributed by atoms with Crippen LogP contribution in [0.25, 0.3) is 16.7 Å². The summed E-state index contributed by atoms with van der Waals surface area (Å²) in [6.07, 6.45) is 12.7. The lowest BCUT2D eigenvalue weighted by atomic mass is 9.48. The van der Waals surface area contributed by atoms with Crippen LogP contribution >= 0.6 is 0 Å². The van der Waals surface area contributed by atoms with E-state index in [1.165, 1.54) is 25.0 Å². The number of allylic oxidation sites excluding steroid dienone is 3. The van der Waals surface area contributed by atoms with Crippen molar-refractivity contribution >= 4 is 16.7 Å². The minimum absolute atomic E-state index is 0.125. The Morgan fingerprint density at radius 3 is 2.72 bits per heavy atom. The van der Waals surface area contributed by atoms with Gasteiger partial charge in [0.25, 0.3) is 0 Å². The van der Waals surface area contributed by atoms with Crippen molar-refractivity contribution in [1.82, 2.24) is 15.0 Å². The molecule has 29 heavy (non-hydrogen) atoms. The SMILES string of the molecule is CC12CCC(O)CC1=CCC1C2CCC2(C)C(n3nnc4ccccc43)=CCC12. The summed E-state index contributed by atoms with van der Waals surface area (Å²) in [5, 5.41) is 19.2. The average molecular weight is 390 g/mol. The molecule has 0 saturated heterocycles. The highest BCUT2D eigenvalue weighted by Gasteiger charge is 2.57. The quantitative estimate of drug-likeness (QED) is 0.682. The summed E-state index contributed by atoms with van der Waals surface area (Å²) in [6.45, 7) is 4.98. The molecule has 1 heterocycles. The first-order chi connectivity index (χ1) is 14.0. The van der Waals surface area contributed by atoms with E-state index in [1.807, 2.05) is 6.07 Å². The van der Waals surface area contributed by atoms with Gasteiger partial charge in [-0.05, 0) is 80.2 Å². The van der Waals surface area contributed by atoms with Crippen molar-refractivity contribution in [2.24, 2.45) is 28.6 Å². The van der Waals surface area contributed by atoms with Crippen molar-refractivity contribution < 1.29 is 5.11 Å². The van der Waals surface area contributed by atoms with Crippen LogP contribution in [0.4, 0.5) is 0 Å². The molecule has 0 amide bonds. The third-order valence-electron chi connectivity index (χ3n) is 9.20. The molecule has 0 aliphatic heterocycles. The van der Waals surface area contributed by atoms with Crippen LogP contribution in [0.5, 0.6) is 0 Å². The van der Waals surface area contributed by atoms with E-state index in [2.05, 4.69) is 59.2 Å². The van der Waals surface area contributed by atoms with Crippen molar-refractivity contribution in [3.8, 4) is 0 Å². The molecular weight excluding hydrogens is 358 g/mol. The molecule has 4 heteroatoms. The number of aliphatic hydroxyl groups is 1. The van der Waals surface area contributed by atoms with E-state index >= 15 is 0 Å². The fourth-order valence-corrected chi connectivity index (χ4v) is 7.56. The molecule has 2 aromatic rings. The summed E-state index contributed by atoms with van der Waals surface area (Å²) in [7, 11) is 0. The molecule has 1 N–H and O–H groups in total. The van der Waals surface area contributed by atoms with Gasteiger partial charge in [0.15, 0.2) is 0 Å². The van der Waals surface area contributed by atoms with Gasteiger partial charge in [-0.1, -0.05) is 48.9 Å². The van der Waals surface area contributed by atoms with Gasteiger partial charge in [0.05, 0.1) is 11.6 Å². The van der Waals surface area contributed by atoms with Gasteiger partial charge in [-0.2, -0.15) is 0 Å². The number of aliphatic hydroxyl groups excluding tert-OH is 1. The molecule has 1 aromatic heterocycles. The fraction of sp³-hybridized carbons (Fsp3) is 0.600. The molecule has 0 bridgehead atoms. The van der Waals surface area contributed by atoms with Crippen LogP contribution < -0.4 is 0 Å². The van der Waals surface area contributed by atoms with Gasteiger partial charge in [-0.25, -0.2) is 4.68 Å². The normalized spacial score (nSPS) is 41.3. The molecule has 6 rings (SSSR count). The van der Waals surface area contributed by atoms with Gasteiger partial charge < -0.3 is 5.11 Å². The van der Waals surface area contributed by atoms with Crippen LogP contribution in [0, 0.1) is 28.6 Å². The van der Waals surface area contributed by atoms with Crippen molar-refractivity contribution in [3.05, 3.63) is 42.0 Å². The second-order valence-corrected chi connectivity index (χ2v) is 10.4. The molecular formula is C25H31N3O. The number of hydrogen-bond donors (Lipinski definition) is 1. The zero-order valence-electron chi connectivity index (χ0n) is 17.5. The Kier molecular flexibility index (Phi) is 3.72. The predicted octanol–water partition coefficient (Wildman–Crippen LogP) is 5.21.